The third-order valence-electron chi connectivity index (χ3n) is 6.96. The predicted octanol–water partition coefficient (Wildman–Crippen LogP) is 4.03. The summed E-state index contributed by atoms with van der Waals surface area (Å²) in [5.41, 5.74) is 4.76. The summed E-state index contributed by atoms with van der Waals surface area (Å²) in [7, 11) is 0. The molecule has 33 heavy (non-hydrogen) atoms. The fourth-order valence-corrected chi connectivity index (χ4v) is 5.27. The molecule has 1 atom stereocenters. The van der Waals surface area contributed by atoms with E-state index in [2.05, 4.69) is 46.1 Å². The number of amides is 2. The number of carbonyl (C=O) groups excluding carboxylic acids is 2. The quantitative estimate of drug-likeness (QED) is 0.543. The lowest BCUT2D eigenvalue weighted by molar-refractivity contribution is -0.123. The van der Waals surface area contributed by atoms with Gasteiger partial charge in [-0.1, -0.05) is 50.2 Å². The first-order valence-electron chi connectivity index (χ1n) is 11.9. The number of benzene rings is 2. The average Bonchev–Trinajstić information content (AvgIpc) is 3.30. The standard InChI is InChI=1S/C27H30N4O2/c1-3-30(4-2)17-18-14-15-31-21-13-9-8-12-20(21)23(22(31)16-18)24-25(27(33)29-26(24)32)28-19-10-6-5-7-11-19/h5-13,18H,3-4,14-17H2,1-2H3,(H2,28,29,32,33). The Morgan fingerprint density at radius 3 is 2.48 bits per heavy atom. The molecule has 1 unspecified atom stereocenters. The number of carbonyl (C=O) groups is 2. The number of nitrogens with one attached hydrogen (secondary N) is 2. The number of hydrogen-bond donors (Lipinski definition) is 2. The lowest BCUT2D eigenvalue weighted by atomic mass is 9.91. The van der Waals surface area contributed by atoms with Gasteiger partial charge in [0.2, 0.25) is 0 Å². The van der Waals surface area contributed by atoms with Crippen molar-refractivity contribution in [3.8, 4) is 0 Å². The summed E-state index contributed by atoms with van der Waals surface area (Å²) in [5.74, 6) is -0.186. The highest BCUT2D eigenvalue weighted by Gasteiger charge is 2.37. The van der Waals surface area contributed by atoms with Gasteiger partial charge in [-0.2, -0.15) is 0 Å². The van der Waals surface area contributed by atoms with Crippen molar-refractivity contribution >= 4 is 34.0 Å². The predicted molar refractivity (Wildman–Crippen MR) is 132 cm³/mol. The summed E-state index contributed by atoms with van der Waals surface area (Å²) in [4.78, 5) is 28.4. The molecular weight excluding hydrogens is 412 g/mol. The van der Waals surface area contributed by atoms with Gasteiger partial charge in [0.05, 0.1) is 5.57 Å². The van der Waals surface area contributed by atoms with E-state index in [-0.39, 0.29) is 11.8 Å². The van der Waals surface area contributed by atoms with Crippen molar-refractivity contribution < 1.29 is 9.59 Å². The number of fused-ring (bicyclic) bond motifs is 3. The monoisotopic (exact) mass is 442 g/mol. The normalized spacial score (nSPS) is 18.2. The average molecular weight is 443 g/mol. The summed E-state index contributed by atoms with van der Waals surface area (Å²) >= 11 is 0. The van der Waals surface area contributed by atoms with Gasteiger partial charge in [-0.05, 0) is 50.0 Å². The number of aryl methyl sites for hydroxylation is 1. The zero-order valence-corrected chi connectivity index (χ0v) is 19.2. The summed E-state index contributed by atoms with van der Waals surface area (Å²) in [6.07, 6.45) is 2.00. The fourth-order valence-electron chi connectivity index (χ4n) is 5.27. The van der Waals surface area contributed by atoms with Crippen LogP contribution in [-0.2, 0) is 22.6 Å². The maximum absolute atomic E-state index is 13.1. The van der Waals surface area contributed by atoms with E-state index in [9.17, 15) is 9.59 Å². The molecule has 0 saturated heterocycles. The maximum Gasteiger partial charge on any atom is 0.275 e. The molecular formula is C27H30N4O2. The molecule has 2 aliphatic rings. The van der Waals surface area contributed by atoms with Crippen LogP contribution >= 0.6 is 0 Å². The molecule has 0 aliphatic carbocycles. The van der Waals surface area contributed by atoms with Crippen LogP contribution in [0.3, 0.4) is 0 Å². The molecule has 6 nitrogen and oxygen atoms in total. The fraction of sp³-hybridized carbons (Fsp3) is 0.333. The number of hydrogen-bond acceptors (Lipinski definition) is 4. The van der Waals surface area contributed by atoms with Crippen LogP contribution in [-0.4, -0.2) is 40.9 Å². The van der Waals surface area contributed by atoms with Crippen LogP contribution in [0, 0.1) is 5.92 Å². The molecule has 0 fully saturated rings. The number of imide groups is 1. The van der Waals surface area contributed by atoms with Crippen molar-refractivity contribution in [1.29, 1.82) is 0 Å². The molecule has 5 rings (SSSR count). The van der Waals surface area contributed by atoms with E-state index < -0.39 is 0 Å². The smallest absolute Gasteiger partial charge is 0.275 e. The highest BCUT2D eigenvalue weighted by atomic mass is 16.2. The minimum atomic E-state index is -0.376. The van der Waals surface area contributed by atoms with Gasteiger partial charge in [-0.3, -0.25) is 14.9 Å². The number of para-hydroxylation sites is 2. The van der Waals surface area contributed by atoms with E-state index in [1.54, 1.807) is 0 Å². The van der Waals surface area contributed by atoms with Crippen molar-refractivity contribution in [2.45, 2.75) is 33.2 Å². The van der Waals surface area contributed by atoms with Gasteiger partial charge in [0.25, 0.3) is 11.8 Å². The summed E-state index contributed by atoms with van der Waals surface area (Å²) in [6.45, 7) is 8.45. The SMILES string of the molecule is CCN(CC)CC1CCn2c(c(C3=C(Nc4ccccc4)C(=O)NC3=O)c3ccccc32)C1. The molecule has 2 amide bonds. The van der Waals surface area contributed by atoms with Crippen molar-refractivity contribution in [2.24, 2.45) is 5.92 Å². The largest absolute Gasteiger partial charge is 0.350 e. The molecule has 2 aromatic carbocycles. The zero-order valence-electron chi connectivity index (χ0n) is 19.2. The van der Waals surface area contributed by atoms with Gasteiger partial charge in [-0.25, -0.2) is 0 Å². The molecule has 170 valence electrons. The summed E-state index contributed by atoms with van der Waals surface area (Å²) < 4.78 is 2.35. The van der Waals surface area contributed by atoms with E-state index in [0.717, 1.165) is 66.9 Å². The van der Waals surface area contributed by atoms with Crippen molar-refractivity contribution in [3.63, 3.8) is 0 Å². The molecule has 2 aliphatic heterocycles. The molecule has 0 bridgehead atoms. The van der Waals surface area contributed by atoms with E-state index >= 15 is 0 Å². The minimum absolute atomic E-state index is 0.330. The van der Waals surface area contributed by atoms with Crippen LogP contribution in [0.15, 0.2) is 60.3 Å². The molecule has 6 heteroatoms. The topological polar surface area (TPSA) is 66.4 Å². The lowest BCUT2D eigenvalue weighted by Crippen LogP contribution is -2.33. The van der Waals surface area contributed by atoms with E-state index in [1.165, 1.54) is 0 Å². The second kappa shape index (κ2) is 8.87. The van der Waals surface area contributed by atoms with E-state index in [4.69, 9.17) is 0 Å². The molecule has 3 aromatic rings. The van der Waals surface area contributed by atoms with Crippen molar-refractivity contribution in [1.82, 2.24) is 14.8 Å². The Bertz CT molecular complexity index is 1240. The second-order valence-electron chi connectivity index (χ2n) is 8.86. The van der Waals surface area contributed by atoms with Crippen LogP contribution < -0.4 is 10.6 Å². The minimum Gasteiger partial charge on any atom is -0.350 e. The van der Waals surface area contributed by atoms with E-state index in [0.29, 0.717) is 17.2 Å². The molecule has 0 saturated carbocycles. The van der Waals surface area contributed by atoms with Crippen LogP contribution in [0.5, 0.6) is 0 Å². The van der Waals surface area contributed by atoms with Crippen LogP contribution in [0.4, 0.5) is 5.69 Å². The molecule has 3 heterocycles. The first-order valence-corrected chi connectivity index (χ1v) is 11.9. The van der Waals surface area contributed by atoms with Gasteiger partial charge < -0.3 is 14.8 Å². The third kappa shape index (κ3) is 3.85. The molecule has 0 radical (unpaired) electrons. The van der Waals surface area contributed by atoms with Crippen molar-refractivity contribution in [3.05, 3.63) is 71.6 Å². The Labute approximate surface area is 194 Å². The third-order valence-corrected chi connectivity index (χ3v) is 6.96. The van der Waals surface area contributed by atoms with Crippen LogP contribution in [0.2, 0.25) is 0 Å². The Balaban J connectivity index is 1.64. The Morgan fingerprint density at radius 1 is 1.00 bits per heavy atom. The summed E-state index contributed by atoms with van der Waals surface area (Å²) in [5, 5.41) is 6.78. The van der Waals surface area contributed by atoms with Gasteiger partial charge in [0, 0.05) is 40.9 Å². The Morgan fingerprint density at radius 2 is 1.73 bits per heavy atom. The highest BCUT2D eigenvalue weighted by molar-refractivity contribution is 6.38. The number of rotatable bonds is 7. The first-order chi connectivity index (χ1) is 16.1. The van der Waals surface area contributed by atoms with Crippen LogP contribution in [0.25, 0.3) is 16.5 Å². The maximum atomic E-state index is 13.1. The molecule has 2 N–H and O–H groups in total. The second-order valence-corrected chi connectivity index (χ2v) is 8.86. The van der Waals surface area contributed by atoms with Crippen LogP contribution in [0.1, 0.15) is 31.5 Å². The van der Waals surface area contributed by atoms with Gasteiger partial charge in [-0.15, -0.1) is 0 Å². The summed E-state index contributed by atoms with van der Waals surface area (Å²) in [6, 6.07) is 17.8. The van der Waals surface area contributed by atoms with Gasteiger partial charge in [0.1, 0.15) is 5.70 Å². The lowest BCUT2D eigenvalue weighted by Gasteiger charge is -2.30. The van der Waals surface area contributed by atoms with E-state index in [1.807, 2.05) is 42.5 Å². The first kappa shape index (κ1) is 21.5. The number of nitrogens with zero attached hydrogens (tertiary/aromatic N) is 2. The van der Waals surface area contributed by atoms with Crippen molar-refractivity contribution in [2.75, 3.05) is 25.0 Å². The highest BCUT2D eigenvalue weighted by Crippen LogP contribution is 2.39. The number of anilines is 1. The molecule has 0 spiro atoms. The Hall–Kier alpha value is -3.38. The van der Waals surface area contributed by atoms with Gasteiger partial charge >= 0.3 is 0 Å². The Kier molecular flexibility index (Phi) is 5.77. The molecule has 1 aromatic heterocycles. The zero-order chi connectivity index (χ0) is 22.9. The van der Waals surface area contributed by atoms with Gasteiger partial charge in [0.15, 0.2) is 0 Å². The number of aromatic nitrogens is 1.